The molecule has 0 spiro atoms. The van der Waals surface area contributed by atoms with Crippen molar-refractivity contribution in [1.82, 2.24) is 0 Å². The zero-order valence-electron chi connectivity index (χ0n) is 11.5. The lowest BCUT2D eigenvalue weighted by Gasteiger charge is -2.09. The third-order valence-electron chi connectivity index (χ3n) is 2.67. The molecule has 4 nitrogen and oxygen atoms in total. The molecule has 110 valence electrons. The van der Waals surface area contributed by atoms with Crippen LogP contribution in [0, 0.1) is 0 Å². The molecule has 0 aliphatic heterocycles. The van der Waals surface area contributed by atoms with Gasteiger partial charge in [-0.3, -0.25) is 9.59 Å². The first-order valence-corrected chi connectivity index (χ1v) is 8.45. The maximum Gasteiger partial charge on any atom is 0.310 e. The molecule has 0 radical (unpaired) electrons. The summed E-state index contributed by atoms with van der Waals surface area (Å²) in [5.74, 6) is -0.739. The summed E-state index contributed by atoms with van der Waals surface area (Å²) in [4.78, 5) is 24.3. The van der Waals surface area contributed by atoms with E-state index in [-0.39, 0.29) is 18.9 Å². The normalized spacial score (nSPS) is 10.1. The number of thioether (sulfide) groups is 1. The maximum atomic E-state index is 11.8. The number of hydrogen-bond donors (Lipinski definition) is 1. The topological polar surface area (TPSA) is 55.4 Å². The predicted molar refractivity (Wildman–Crippen MR) is 85.8 cm³/mol. The summed E-state index contributed by atoms with van der Waals surface area (Å²) in [6.07, 6.45) is 2.13. The molecule has 0 aliphatic carbocycles. The van der Waals surface area contributed by atoms with Crippen molar-refractivity contribution >= 4 is 40.7 Å². The van der Waals surface area contributed by atoms with Gasteiger partial charge in [0.1, 0.15) is 0 Å². The monoisotopic (exact) mass is 321 g/mol. The number of esters is 1. The van der Waals surface area contributed by atoms with Crippen LogP contribution in [0.2, 0.25) is 0 Å². The average molecular weight is 321 g/mol. The number of carbonyl (C=O) groups is 2. The summed E-state index contributed by atoms with van der Waals surface area (Å²) < 4.78 is 4.97. The average Bonchev–Trinajstić information content (AvgIpc) is 2.98. The molecule has 0 fully saturated rings. The quantitative estimate of drug-likeness (QED) is 0.656. The third-order valence-corrected chi connectivity index (χ3v) is 4.20. The fourth-order valence-electron chi connectivity index (χ4n) is 1.69. The molecule has 1 aromatic carbocycles. The van der Waals surface area contributed by atoms with Crippen LogP contribution in [-0.4, -0.2) is 24.7 Å². The summed E-state index contributed by atoms with van der Waals surface area (Å²) in [5, 5.41) is 6.52. The summed E-state index contributed by atoms with van der Waals surface area (Å²) in [5.41, 5.74) is 1.63. The van der Waals surface area contributed by atoms with E-state index in [2.05, 4.69) is 5.32 Å². The van der Waals surface area contributed by atoms with Crippen LogP contribution in [-0.2, 0) is 20.7 Å². The molecule has 1 aromatic heterocycles. The Morgan fingerprint density at radius 3 is 2.81 bits per heavy atom. The van der Waals surface area contributed by atoms with Gasteiger partial charge in [-0.2, -0.15) is 11.3 Å². The van der Waals surface area contributed by atoms with Gasteiger partial charge in [0.25, 0.3) is 5.91 Å². The van der Waals surface area contributed by atoms with Crippen molar-refractivity contribution in [1.29, 1.82) is 0 Å². The summed E-state index contributed by atoms with van der Waals surface area (Å²) in [6.45, 7) is -0.272. The number of thiophene rings is 1. The second-order valence-corrected chi connectivity index (χ2v) is 5.85. The highest BCUT2D eigenvalue weighted by Gasteiger charge is 2.10. The molecular weight excluding hydrogens is 306 g/mol. The van der Waals surface area contributed by atoms with Crippen LogP contribution in [0.15, 0.2) is 46.0 Å². The van der Waals surface area contributed by atoms with Gasteiger partial charge in [0.05, 0.1) is 12.1 Å². The Bertz CT molecular complexity index is 611. The van der Waals surface area contributed by atoms with E-state index in [0.717, 1.165) is 16.1 Å². The molecule has 1 heterocycles. The molecule has 0 unspecified atom stereocenters. The number of carbonyl (C=O) groups excluding carboxylic acids is 2. The standard InChI is InChI=1S/C15H15NO3S2/c1-20-13-5-3-2-4-12(13)16-14(17)9-19-15(18)8-11-6-7-21-10-11/h2-7,10H,8-9H2,1H3,(H,16,17). The molecule has 0 bridgehead atoms. The number of ether oxygens (including phenoxy) is 1. The van der Waals surface area contributed by atoms with Crippen molar-refractivity contribution in [3.05, 3.63) is 46.7 Å². The fourth-order valence-corrected chi connectivity index (χ4v) is 2.91. The molecule has 0 aliphatic rings. The van der Waals surface area contributed by atoms with Crippen LogP contribution < -0.4 is 5.32 Å². The van der Waals surface area contributed by atoms with Crippen molar-refractivity contribution in [3.8, 4) is 0 Å². The van der Waals surface area contributed by atoms with E-state index in [0.29, 0.717) is 0 Å². The first-order valence-electron chi connectivity index (χ1n) is 6.28. The van der Waals surface area contributed by atoms with E-state index in [9.17, 15) is 9.59 Å². The molecule has 2 aromatic rings. The predicted octanol–water partition coefficient (Wildman–Crippen LogP) is 3.19. The van der Waals surface area contributed by atoms with Gasteiger partial charge in [-0.05, 0) is 40.8 Å². The van der Waals surface area contributed by atoms with E-state index in [1.54, 1.807) is 11.8 Å². The van der Waals surface area contributed by atoms with Crippen molar-refractivity contribution in [2.24, 2.45) is 0 Å². The highest BCUT2D eigenvalue weighted by Crippen LogP contribution is 2.24. The minimum atomic E-state index is -0.401. The van der Waals surface area contributed by atoms with Crippen molar-refractivity contribution < 1.29 is 14.3 Å². The molecule has 2 rings (SSSR count). The number of para-hydroxylation sites is 1. The van der Waals surface area contributed by atoms with Crippen LogP contribution in [0.3, 0.4) is 0 Å². The summed E-state index contributed by atoms with van der Waals surface area (Å²) in [7, 11) is 0. The van der Waals surface area contributed by atoms with Gasteiger partial charge in [-0.25, -0.2) is 0 Å². The minimum Gasteiger partial charge on any atom is -0.455 e. The fraction of sp³-hybridized carbons (Fsp3) is 0.200. The van der Waals surface area contributed by atoms with Gasteiger partial charge >= 0.3 is 5.97 Å². The summed E-state index contributed by atoms with van der Waals surface area (Å²) in [6, 6.07) is 9.35. The van der Waals surface area contributed by atoms with E-state index >= 15 is 0 Å². The van der Waals surface area contributed by atoms with E-state index in [4.69, 9.17) is 4.74 Å². The maximum absolute atomic E-state index is 11.8. The number of anilines is 1. The van der Waals surface area contributed by atoms with Crippen LogP contribution in [0.1, 0.15) is 5.56 Å². The largest absolute Gasteiger partial charge is 0.455 e. The van der Waals surface area contributed by atoms with Crippen LogP contribution in [0.4, 0.5) is 5.69 Å². The lowest BCUT2D eigenvalue weighted by Crippen LogP contribution is -2.21. The minimum absolute atomic E-state index is 0.193. The lowest BCUT2D eigenvalue weighted by atomic mass is 10.2. The smallest absolute Gasteiger partial charge is 0.310 e. The van der Waals surface area contributed by atoms with E-state index in [1.807, 2.05) is 47.3 Å². The van der Waals surface area contributed by atoms with Gasteiger partial charge in [-0.1, -0.05) is 12.1 Å². The van der Waals surface area contributed by atoms with Crippen LogP contribution in [0.25, 0.3) is 0 Å². The Labute approximate surface area is 131 Å². The van der Waals surface area contributed by atoms with Crippen LogP contribution >= 0.6 is 23.1 Å². The van der Waals surface area contributed by atoms with Gasteiger partial charge < -0.3 is 10.1 Å². The molecule has 1 N–H and O–H groups in total. The number of nitrogens with one attached hydrogen (secondary N) is 1. The molecule has 6 heteroatoms. The Morgan fingerprint density at radius 2 is 2.10 bits per heavy atom. The molecule has 21 heavy (non-hydrogen) atoms. The van der Waals surface area contributed by atoms with E-state index in [1.165, 1.54) is 11.3 Å². The highest BCUT2D eigenvalue weighted by atomic mass is 32.2. The second kappa shape index (κ2) is 7.85. The lowest BCUT2D eigenvalue weighted by molar-refractivity contribution is -0.146. The third kappa shape index (κ3) is 4.91. The number of amides is 1. The van der Waals surface area contributed by atoms with Gasteiger partial charge in [0.15, 0.2) is 6.61 Å². The van der Waals surface area contributed by atoms with Gasteiger partial charge in [-0.15, -0.1) is 11.8 Å². The number of benzene rings is 1. The van der Waals surface area contributed by atoms with Crippen molar-refractivity contribution in [3.63, 3.8) is 0 Å². The molecule has 0 atom stereocenters. The molecular formula is C15H15NO3S2. The zero-order valence-corrected chi connectivity index (χ0v) is 13.1. The molecule has 0 saturated heterocycles. The van der Waals surface area contributed by atoms with Crippen molar-refractivity contribution in [2.75, 3.05) is 18.2 Å². The van der Waals surface area contributed by atoms with Crippen molar-refractivity contribution in [2.45, 2.75) is 11.3 Å². The SMILES string of the molecule is CSc1ccccc1NC(=O)COC(=O)Cc1ccsc1. The summed E-state index contributed by atoms with van der Waals surface area (Å²) >= 11 is 3.07. The van der Waals surface area contributed by atoms with Gasteiger partial charge in [0.2, 0.25) is 0 Å². The highest BCUT2D eigenvalue weighted by molar-refractivity contribution is 7.98. The Morgan fingerprint density at radius 1 is 1.29 bits per heavy atom. The molecule has 1 amide bonds. The Hall–Kier alpha value is -1.79. The first kappa shape index (κ1) is 15.6. The Kier molecular flexibility index (Phi) is 5.83. The van der Waals surface area contributed by atoms with Crippen LogP contribution in [0.5, 0.6) is 0 Å². The van der Waals surface area contributed by atoms with Gasteiger partial charge in [0, 0.05) is 4.90 Å². The second-order valence-electron chi connectivity index (χ2n) is 4.22. The Balaban J connectivity index is 1.80. The zero-order chi connectivity index (χ0) is 15.1. The molecule has 0 saturated carbocycles. The number of rotatable bonds is 6. The first-order chi connectivity index (χ1) is 10.2. The number of hydrogen-bond acceptors (Lipinski definition) is 5. The van der Waals surface area contributed by atoms with E-state index < -0.39 is 5.97 Å².